The fourth-order valence-electron chi connectivity index (χ4n) is 4.45. The van der Waals surface area contributed by atoms with Crippen LogP contribution in [-0.4, -0.2) is 25.7 Å². The SMILES string of the molecule is CC.CC(C)N1CCCc2ccc(C(F)(F)F)cc21.CCN1CCCc2ccc(C(F)F)cc21. The Kier molecular flexibility index (Phi) is 10.2. The van der Waals surface area contributed by atoms with Gasteiger partial charge in [-0.2, -0.15) is 13.2 Å². The molecule has 0 radical (unpaired) electrons. The normalized spacial score (nSPS) is 15.2. The molecular formula is C27H37F5N2. The maximum atomic E-state index is 12.7. The van der Waals surface area contributed by atoms with E-state index in [2.05, 4.69) is 11.8 Å². The van der Waals surface area contributed by atoms with Crippen molar-refractivity contribution in [2.75, 3.05) is 29.4 Å². The van der Waals surface area contributed by atoms with Gasteiger partial charge < -0.3 is 9.80 Å². The molecule has 0 N–H and O–H groups in total. The summed E-state index contributed by atoms with van der Waals surface area (Å²) in [7, 11) is 0. The van der Waals surface area contributed by atoms with Gasteiger partial charge in [-0.1, -0.05) is 32.0 Å². The van der Waals surface area contributed by atoms with E-state index < -0.39 is 18.2 Å². The molecule has 7 heteroatoms. The molecular weight excluding hydrogens is 447 g/mol. The second-order valence-corrected chi connectivity index (χ2v) is 8.60. The number of benzene rings is 2. The number of nitrogens with zero attached hydrogens (tertiary/aromatic N) is 2. The number of fused-ring (bicyclic) bond motifs is 2. The number of hydrogen-bond donors (Lipinski definition) is 0. The minimum absolute atomic E-state index is 0.133. The summed E-state index contributed by atoms with van der Waals surface area (Å²) >= 11 is 0. The largest absolute Gasteiger partial charge is 0.416 e. The van der Waals surface area contributed by atoms with Gasteiger partial charge in [-0.15, -0.1) is 0 Å². The zero-order chi connectivity index (χ0) is 25.5. The van der Waals surface area contributed by atoms with Crippen molar-refractivity contribution >= 4 is 11.4 Å². The van der Waals surface area contributed by atoms with Gasteiger partial charge in [0.15, 0.2) is 0 Å². The average Bonchev–Trinajstić information content (AvgIpc) is 2.83. The Morgan fingerprint density at radius 1 is 0.853 bits per heavy atom. The van der Waals surface area contributed by atoms with E-state index in [4.69, 9.17) is 0 Å². The summed E-state index contributed by atoms with van der Waals surface area (Å²) < 4.78 is 63.1. The first-order valence-corrected chi connectivity index (χ1v) is 12.2. The van der Waals surface area contributed by atoms with Crippen molar-refractivity contribution in [3.05, 3.63) is 58.7 Å². The number of anilines is 2. The first-order chi connectivity index (χ1) is 16.1. The highest BCUT2D eigenvalue weighted by atomic mass is 19.4. The van der Waals surface area contributed by atoms with Crippen molar-refractivity contribution in [1.82, 2.24) is 0 Å². The molecule has 0 bridgehead atoms. The van der Waals surface area contributed by atoms with Gasteiger partial charge in [0, 0.05) is 42.6 Å². The third-order valence-corrected chi connectivity index (χ3v) is 6.15. The number of alkyl halides is 5. The molecule has 2 heterocycles. The molecule has 4 rings (SSSR count). The maximum absolute atomic E-state index is 12.7. The lowest BCUT2D eigenvalue weighted by atomic mass is 9.98. The minimum atomic E-state index is -4.25. The highest BCUT2D eigenvalue weighted by molar-refractivity contribution is 5.58. The summed E-state index contributed by atoms with van der Waals surface area (Å²) in [6.07, 6.45) is -2.61. The highest BCUT2D eigenvalue weighted by Gasteiger charge is 2.32. The Morgan fingerprint density at radius 2 is 1.44 bits per heavy atom. The standard InChI is InChI=1S/C13H16F3N.C12H15F2N.C2H6/c1-9(2)17-7-3-4-10-5-6-11(8-12(10)17)13(14,15)16;1-2-15-7-3-4-9-5-6-10(12(13)14)8-11(9)15;1-2/h5-6,8-9H,3-4,7H2,1-2H3;5-6,8,12H,2-4,7H2,1H3;1-2H3. The molecule has 0 amide bonds. The second-order valence-electron chi connectivity index (χ2n) is 8.60. The molecule has 0 fully saturated rings. The fourth-order valence-corrected chi connectivity index (χ4v) is 4.45. The van der Waals surface area contributed by atoms with Gasteiger partial charge in [0.25, 0.3) is 6.43 Å². The van der Waals surface area contributed by atoms with E-state index in [0.717, 1.165) is 62.3 Å². The van der Waals surface area contributed by atoms with Gasteiger partial charge in [0.1, 0.15) is 0 Å². The van der Waals surface area contributed by atoms with E-state index in [-0.39, 0.29) is 11.6 Å². The molecule has 2 nitrogen and oxygen atoms in total. The average molecular weight is 485 g/mol. The number of aryl methyl sites for hydroxylation is 2. The first-order valence-electron chi connectivity index (χ1n) is 12.2. The zero-order valence-corrected chi connectivity index (χ0v) is 20.9. The molecule has 2 aliphatic rings. The topological polar surface area (TPSA) is 6.48 Å². The quantitative estimate of drug-likeness (QED) is 0.404. The molecule has 0 saturated heterocycles. The Hall–Kier alpha value is -2.31. The van der Waals surface area contributed by atoms with Crippen LogP contribution in [0.5, 0.6) is 0 Å². The van der Waals surface area contributed by atoms with E-state index in [1.807, 2.05) is 38.7 Å². The van der Waals surface area contributed by atoms with Crippen LogP contribution in [-0.2, 0) is 19.0 Å². The second kappa shape index (κ2) is 12.4. The smallest absolute Gasteiger partial charge is 0.372 e. The van der Waals surface area contributed by atoms with Gasteiger partial charge in [0.05, 0.1) is 5.56 Å². The van der Waals surface area contributed by atoms with Crippen LogP contribution in [0.3, 0.4) is 0 Å². The van der Waals surface area contributed by atoms with Crippen LogP contribution < -0.4 is 9.80 Å². The highest BCUT2D eigenvalue weighted by Crippen LogP contribution is 2.36. The van der Waals surface area contributed by atoms with Crippen LogP contribution in [0, 0.1) is 0 Å². The molecule has 190 valence electrons. The van der Waals surface area contributed by atoms with Crippen LogP contribution in [0.1, 0.15) is 76.1 Å². The van der Waals surface area contributed by atoms with E-state index in [0.29, 0.717) is 0 Å². The summed E-state index contributed by atoms with van der Waals surface area (Å²) in [4.78, 5) is 4.22. The number of halogens is 5. The lowest BCUT2D eigenvalue weighted by molar-refractivity contribution is -0.137. The Morgan fingerprint density at radius 3 is 2.00 bits per heavy atom. The van der Waals surface area contributed by atoms with E-state index in [1.54, 1.807) is 18.2 Å². The molecule has 2 aromatic carbocycles. The molecule has 0 atom stereocenters. The van der Waals surface area contributed by atoms with Crippen LogP contribution in [0.2, 0.25) is 0 Å². The molecule has 0 aromatic heterocycles. The van der Waals surface area contributed by atoms with E-state index in [9.17, 15) is 22.0 Å². The minimum Gasteiger partial charge on any atom is -0.372 e. The fraction of sp³-hybridized carbons (Fsp3) is 0.556. The molecule has 0 saturated carbocycles. The molecule has 2 aromatic rings. The molecule has 34 heavy (non-hydrogen) atoms. The van der Waals surface area contributed by atoms with Crippen molar-refractivity contribution in [1.29, 1.82) is 0 Å². The molecule has 0 aliphatic carbocycles. The van der Waals surface area contributed by atoms with Crippen molar-refractivity contribution in [2.24, 2.45) is 0 Å². The summed E-state index contributed by atoms with van der Waals surface area (Å²) in [6, 6.07) is 9.35. The van der Waals surface area contributed by atoms with Crippen molar-refractivity contribution < 1.29 is 22.0 Å². The predicted molar refractivity (Wildman–Crippen MR) is 131 cm³/mol. The summed E-state index contributed by atoms with van der Waals surface area (Å²) in [5.74, 6) is 0. The van der Waals surface area contributed by atoms with E-state index >= 15 is 0 Å². The number of hydrogen-bond acceptors (Lipinski definition) is 2. The molecule has 2 aliphatic heterocycles. The van der Waals surface area contributed by atoms with Gasteiger partial charge in [-0.3, -0.25) is 0 Å². The molecule has 0 spiro atoms. The van der Waals surface area contributed by atoms with E-state index in [1.165, 1.54) is 17.7 Å². The van der Waals surface area contributed by atoms with Gasteiger partial charge in [0.2, 0.25) is 0 Å². The first kappa shape index (κ1) is 27.9. The lowest BCUT2D eigenvalue weighted by Crippen LogP contribution is -2.35. The van der Waals surface area contributed by atoms with Crippen molar-refractivity contribution in [3.63, 3.8) is 0 Å². The lowest BCUT2D eigenvalue weighted by Gasteiger charge is -2.35. The Balaban J connectivity index is 0.000000225. The summed E-state index contributed by atoms with van der Waals surface area (Å²) in [5, 5.41) is 0. The maximum Gasteiger partial charge on any atom is 0.416 e. The van der Waals surface area contributed by atoms with Crippen molar-refractivity contribution in [2.45, 2.75) is 78.9 Å². The van der Waals surface area contributed by atoms with Crippen LogP contribution in [0.25, 0.3) is 0 Å². The monoisotopic (exact) mass is 484 g/mol. The Labute approximate surface area is 200 Å². The molecule has 0 unspecified atom stereocenters. The van der Waals surface area contributed by atoms with Crippen molar-refractivity contribution in [3.8, 4) is 0 Å². The van der Waals surface area contributed by atoms with Gasteiger partial charge >= 0.3 is 6.18 Å². The number of rotatable bonds is 3. The third-order valence-electron chi connectivity index (χ3n) is 6.15. The van der Waals surface area contributed by atoms with Gasteiger partial charge in [-0.25, -0.2) is 8.78 Å². The van der Waals surface area contributed by atoms with Crippen LogP contribution in [0.4, 0.5) is 33.3 Å². The third kappa shape index (κ3) is 6.86. The van der Waals surface area contributed by atoms with Gasteiger partial charge in [-0.05, 0) is 75.8 Å². The zero-order valence-electron chi connectivity index (χ0n) is 20.9. The van der Waals surface area contributed by atoms with Crippen LogP contribution >= 0.6 is 0 Å². The Bertz CT molecular complexity index is 908. The predicted octanol–water partition coefficient (Wildman–Crippen LogP) is 8.29. The summed E-state index contributed by atoms with van der Waals surface area (Å²) in [5.41, 5.74) is 3.56. The summed E-state index contributed by atoms with van der Waals surface area (Å²) in [6.45, 7) is 12.8. The van der Waals surface area contributed by atoms with Crippen LogP contribution in [0.15, 0.2) is 36.4 Å².